The van der Waals surface area contributed by atoms with Gasteiger partial charge in [0.15, 0.2) is 0 Å². The molecule has 3 nitrogen and oxygen atoms in total. The maximum Gasteiger partial charge on any atom is 0.308 e. The van der Waals surface area contributed by atoms with Gasteiger partial charge in [0.25, 0.3) is 0 Å². The van der Waals surface area contributed by atoms with E-state index in [0.717, 1.165) is 0 Å². The van der Waals surface area contributed by atoms with Gasteiger partial charge in [-0.2, -0.15) is 4.20 Å². The summed E-state index contributed by atoms with van der Waals surface area (Å²) < 4.78 is 25.3. The van der Waals surface area contributed by atoms with Crippen LogP contribution in [0.5, 0.6) is 0 Å². The Morgan fingerprint density at radius 1 is 1.89 bits per heavy atom. The molecule has 0 aromatic rings. The van der Waals surface area contributed by atoms with E-state index >= 15 is 0 Å². The van der Waals surface area contributed by atoms with E-state index in [0.29, 0.717) is 6.42 Å². The predicted octanol–water partition coefficient (Wildman–Crippen LogP) is 1.24. The molecule has 0 rings (SSSR count). The predicted molar refractivity (Wildman–Crippen MR) is 29.6 cm³/mol. The lowest BCUT2D eigenvalue weighted by atomic mass is 10.3. The van der Waals surface area contributed by atoms with Gasteiger partial charge in [0.2, 0.25) is 0 Å². The molecule has 0 aromatic carbocycles. The van der Waals surface area contributed by atoms with Crippen molar-refractivity contribution in [3.05, 3.63) is 0 Å². The fraction of sp³-hybridized carbons (Fsp3) is 1.00. The largest absolute Gasteiger partial charge is 0.753 e. The van der Waals surface area contributed by atoms with Crippen molar-refractivity contribution in [3.8, 4) is 0 Å². The lowest BCUT2D eigenvalue weighted by molar-refractivity contribution is -0.215. The molecule has 0 saturated carbocycles. The van der Waals surface area contributed by atoms with Gasteiger partial charge in [-0.1, -0.05) is 6.92 Å². The molecule has 0 spiro atoms. The summed E-state index contributed by atoms with van der Waals surface area (Å²) in [5, 5.41) is 0. The molecule has 56 valence electrons. The fourth-order valence-electron chi connectivity index (χ4n) is 0.289. The van der Waals surface area contributed by atoms with E-state index in [-0.39, 0.29) is 0 Å². The van der Waals surface area contributed by atoms with E-state index in [4.69, 9.17) is 0 Å². The lowest BCUT2D eigenvalue weighted by Crippen LogP contribution is -2.08. The van der Waals surface area contributed by atoms with Crippen LogP contribution in [0.2, 0.25) is 0 Å². The molecule has 0 bridgehead atoms. The van der Waals surface area contributed by atoms with Crippen molar-refractivity contribution in [3.63, 3.8) is 0 Å². The van der Waals surface area contributed by atoms with Crippen molar-refractivity contribution in [2.45, 2.75) is 26.4 Å². The van der Waals surface area contributed by atoms with Crippen LogP contribution in [0.1, 0.15) is 20.3 Å². The Morgan fingerprint density at radius 3 is 2.44 bits per heavy atom. The van der Waals surface area contributed by atoms with Gasteiger partial charge >= 0.3 is 7.91 Å². The van der Waals surface area contributed by atoms with E-state index in [2.05, 4.69) is 4.52 Å². The Balaban J connectivity index is 3.60. The summed E-state index contributed by atoms with van der Waals surface area (Å²) >= 11 is 0. The molecule has 0 amide bonds. The summed E-state index contributed by atoms with van der Waals surface area (Å²) in [7, 11) is -4.99. The highest BCUT2D eigenvalue weighted by Crippen LogP contribution is 2.39. The van der Waals surface area contributed by atoms with E-state index in [9.17, 15) is 13.7 Å². The summed E-state index contributed by atoms with van der Waals surface area (Å²) in [6, 6.07) is 0. The minimum absolute atomic E-state index is 0.482. The maximum absolute atomic E-state index is 11.6. The van der Waals surface area contributed by atoms with E-state index in [1.165, 1.54) is 6.92 Å². The van der Waals surface area contributed by atoms with Crippen LogP contribution in [0, 0.1) is 0 Å². The molecule has 0 fully saturated rings. The summed E-state index contributed by atoms with van der Waals surface area (Å²) in [5.74, 6) is 0. The summed E-state index contributed by atoms with van der Waals surface area (Å²) in [6.45, 7) is 3.20. The van der Waals surface area contributed by atoms with Crippen molar-refractivity contribution >= 4 is 7.91 Å². The van der Waals surface area contributed by atoms with Gasteiger partial charge in [-0.05, 0) is 13.3 Å². The molecule has 0 N–H and O–H groups in total. The van der Waals surface area contributed by atoms with Crippen LogP contribution in [0.25, 0.3) is 0 Å². The van der Waals surface area contributed by atoms with Crippen LogP contribution < -0.4 is 4.89 Å². The highest BCUT2D eigenvalue weighted by Gasteiger charge is 2.08. The van der Waals surface area contributed by atoms with Crippen LogP contribution in [-0.4, -0.2) is 6.10 Å². The summed E-state index contributed by atoms with van der Waals surface area (Å²) in [4.78, 5) is 9.74. The smallest absolute Gasteiger partial charge is 0.308 e. The average molecular weight is 155 g/mol. The van der Waals surface area contributed by atoms with E-state index in [1.54, 1.807) is 6.92 Å². The molecule has 9 heavy (non-hydrogen) atoms. The number of hydrogen-bond donors (Lipinski definition) is 0. The highest BCUT2D eigenvalue weighted by atomic mass is 31.2. The molecular weight excluding hydrogens is 146 g/mol. The Bertz CT molecular complexity index is 121. The van der Waals surface area contributed by atoms with Gasteiger partial charge < -0.3 is 9.42 Å². The highest BCUT2D eigenvalue weighted by molar-refractivity contribution is 7.45. The zero-order valence-corrected chi connectivity index (χ0v) is 6.23. The van der Waals surface area contributed by atoms with Gasteiger partial charge in [0, 0.05) is 0 Å². The van der Waals surface area contributed by atoms with Crippen molar-refractivity contribution < 1.29 is 18.2 Å². The van der Waals surface area contributed by atoms with E-state index < -0.39 is 14.0 Å². The first-order chi connectivity index (χ1) is 3.95. The molecular formula is C4H9FO3P-. The zero-order chi connectivity index (χ0) is 7.49. The molecule has 0 heterocycles. The Kier molecular flexibility index (Phi) is 3.33. The third kappa shape index (κ3) is 5.96. The van der Waals surface area contributed by atoms with Gasteiger partial charge in [-0.25, -0.2) is 0 Å². The molecule has 0 saturated heterocycles. The van der Waals surface area contributed by atoms with Crippen molar-refractivity contribution in [2.24, 2.45) is 0 Å². The van der Waals surface area contributed by atoms with Gasteiger partial charge in [0.05, 0.1) is 6.10 Å². The Morgan fingerprint density at radius 2 is 2.33 bits per heavy atom. The number of rotatable bonds is 3. The molecule has 2 unspecified atom stereocenters. The molecule has 5 heteroatoms. The lowest BCUT2D eigenvalue weighted by Gasteiger charge is -2.17. The molecule has 0 radical (unpaired) electrons. The van der Waals surface area contributed by atoms with Gasteiger partial charge in [-0.3, -0.25) is 4.57 Å². The standard InChI is InChI=1S/C4H10FO3P/c1-3-4(2)8-9(5,6)7/h4H,3H2,1-2H3,(H,6,7)/p-1. The topological polar surface area (TPSA) is 49.4 Å². The number of hydrogen-bond acceptors (Lipinski definition) is 3. The SMILES string of the molecule is CCC(C)OP(=O)([O-])F. The molecule has 0 aliphatic rings. The van der Waals surface area contributed by atoms with E-state index in [1.807, 2.05) is 0 Å². The maximum atomic E-state index is 11.6. The van der Waals surface area contributed by atoms with Crippen molar-refractivity contribution in [2.75, 3.05) is 0 Å². The van der Waals surface area contributed by atoms with Crippen LogP contribution >= 0.6 is 7.91 Å². The first-order valence-electron chi connectivity index (χ1n) is 2.65. The zero-order valence-electron chi connectivity index (χ0n) is 5.33. The first-order valence-corrected chi connectivity index (χ1v) is 4.08. The van der Waals surface area contributed by atoms with Crippen LogP contribution in [0.4, 0.5) is 4.20 Å². The van der Waals surface area contributed by atoms with Gasteiger partial charge in [-0.15, -0.1) is 0 Å². The molecule has 0 aliphatic heterocycles. The van der Waals surface area contributed by atoms with Crippen LogP contribution in [-0.2, 0) is 9.09 Å². The van der Waals surface area contributed by atoms with Crippen LogP contribution in [0.3, 0.4) is 0 Å². The van der Waals surface area contributed by atoms with Crippen LogP contribution in [0.15, 0.2) is 0 Å². The first kappa shape index (κ1) is 9.08. The monoisotopic (exact) mass is 155 g/mol. The summed E-state index contributed by atoms with van der Waals surface area (Å²) in [6.07, 6.45) is -0.0748. The quantitative estimate of drug-likeness (QED) is 0.576. The molecule has 0 aliphatic carbocycles. The van der Waals surface area contributed by atoms with Crippen molar-refractivity contribution in [1.82, 2.24) is 0 Å². The normalized spacial score (nSPS) is 20.9. The van der Waals surface area contributed by atoms with Crippen molar-refractivity contribution in [1.29, 1.82) is 0 Å². The molecule has 2 atom stereocenters. The minimum Gasteiger partial charge on any atom is -0.753 e. The third-order valence-electron chi connectivity index (χ3n) is 0.881. The second-order valence-corrected chi connectivity index (χ2v) is 2.83. The minimum atomic E-state index is -4.99. The Labute approximate surface area is 53.5 Å². The second kappa shape index (κ2) is 3.30. The summed E-state index contributed by atoms with van der Waals surface area (Å²) in [5.41, 5.74) is 0. The third-order valence-corrected chi connectivity index (χ3v) is 1.49. The average Bonchev–Trinajstić information content (AvgIpc) is 1.62. The molecule has 0 aromatic heterocycles. The number of halogens is 1. The second-order valence-electron chi connectivity index (χ2n) is 1.75. The fourth-order valence-corrected chi connectivity index (χ4v) is 0.868. The van der Waals surface area contributed by atoms with Gasteiger partial charge in [0.1, 0.15) is 0 Å². The Hall–Kier alpha value is 0.0800.